The molecule has 5 nitrogen and oxygen atoms in total. The van der Waals surface area contributed by atoms with Crippen LogP contribution in [0.5, 0.6) is 11.5 Å². The van der Waals surface area contributed by atoms with Gasteiger partial charge in [-0.2, -0.15) is 0 Å². The van der Waals surface area contributed by atoms with E-state index in [2.05, 4.69) is 17.1 Å². The lowest BCUT2D eigenvalue weighted by Gasteiger charge is -2.33. The topological polar surface area (TPSA) is 50.8 Å². The minimum Gasteiger partial charge on any atom is -0.497 e. The molecule has 0 saturated carbocycles. The van der Waals surface area contributed by atoms with E-state index in [1.165, 1.54) is 19.3 Å². The van der Waals surface area contributed by atoms with Crippen molar-refractivity contribution in [3.8, 4) is 11.5 Å². The average Bonchev–Trinajstić information content (AvgIpc) is 2.56. The van der Waals surface area contributed by atoms with Crippen LogP contribution in [0.1, 0.15) is 31.7 Å². The Morgan fingerprint density at radius 1 is 1.30 bits per heavy atom. The largest absolute Gasteiger partial charge is 0.497 e. The maximum absolute atomic E-state index is 12.2. The SMILES string of the molecule is COc1ccc(OC)c(CC(=O)NCCN2CCCCC2C)c1. The first-order valence-electron chi connectivity index (χ1n) is 8.35. The monoisotopic (exact) mass is 320 g/mol. The summed E-state index contributed by atoms with van der Waals surface area (Å²) in [4.78, 5) is 14.6. The van der Waals surface area contributed by atoms with Crippen LogP contribution < -0.4 is 14.8 Å². The molecule has 1 aliphatic rings. The Balaban J connectivity index is 1.82. The van der Waals surface area contributed by atoms with Crippen molar-refractivity contribution in [2.75, 3.05) is 33.9 Å². The molecule has 1 unspecified atom stereocenters. The minimum atomic E-state index is 0.0150. The number of hydrogen-bond acceptors (Lipinski definition) is 4. The highest BCUT2D eigenvalue weighted by atomic mass is 16.5. The van der Waals surface area contributed by atoms with Crippen LogP contribution in [0, 0.1) is 0 Å². The van der Waals surface area contributed by atoms with Crippen LogP contribution in [0.25, 0.3) is 0 Å². The second-order valence-corrected chi connectivity index (χ2v) is 6.09. The van der Waals surface area contributed by atoms with E-state index in [0.29, 0.717) is 24.8 Å². The van der Waals surface area contributed by atoms with Crippen molar-refractivity contribution in [2.45, 2.75) is 38.6 Å². The Kier molecular flexibility index (Phi) is 6.71. The van der Waals surface area contributed by atoms with E-state index in [1.54, 1.807) is 14.2 Å². The van der Waals surface area contributed by atoms with Crippen LogP contribution in [-0.2, 0) is 11.2 Å². The Morgan fingerprint density at radius 2 is 2.13 bits per heavy atom. The first kappa shape index (κ1) is 17.6. The number of nitrogens with zero attached hydrogens (tertiary/aromatic N) is 1. The Labute approximate surface area is 139 Å². The highest BCUT2D eigenvalue weighted by Gasteiger charge is 2.17. The van der Waals surface area contributed by atoms with Crippen molar-refractivity contribution < 1.29 is 14.3 Å². The average molecular weight is 320 g/mol. The molecule has 1 amide bonds. The normalized spacial score (nSPS) is 18.5. The first-order valence-corrected chi connectivity index (χ1v) is 8.35. The second kappa shape index (κ2) is 8.77. The quantitative estimate of drug-likeness (QED) is 0.837. The minimum absolute atomic E-state index is 0.0150. The molecule has 128 valence electrons. The number of piperidine rings is 1. The van der Waals surface area contributed by atoms with Crippen LogP contribution in [0.4, 0.5) is 0 Å². The summed E-state index contributed by atoms with van der Waals surface area (Å²) in [6.07, 6.45) is 4.14. The zero-order chi connectivity index (χ0) is 16.7. The Morgan fingerprint density at radius 3 is 2.83 bits per heavy atom. The summed E-state index contributed by atoms with van der Waals surface area (Å²) in [5, 5.41) is 3.01. The van der Waals surface area contributed by atoms with E-state index in [4.69, 9.17) is 9.47 Å². The molecule has 0 aliphatic carbocycles. The number of hydrogen-bond donors (Lipinski definition) is 1. The molecule has 1 atom stereocenters. The summed E-state index contributed by atoms with van der Waals surface area (Å²) in [6, 6.07) is 6.14. The van der Waals surface area contributed by atoms with Crippen molar-refractivity contribution in [2.24, 2.45) is 0 Å². The molecule has 1 aromatic carbocycles. The second-order valence-electron chi connectivity index (χ2n) is 6.09. The van der Waals surface area contributed by atoms with Gasteiger partial charge in [-0.05, 0) is 44.5 Å². The molecule has 1 N–H and O–H groups in total. The van der Waals surface area contributed by atoms with Gasteiger partial charge in [0, 0.05) is 24.7 Å². The third kappa shape index (κ3) is 5.13. The molecular weight excluding hydrogens is 292 g/mol. The fourth-order valence-corrected chi connectivity index (χ4v) is 3.08. The van der Waals surface area contributed by atoms with Crippen LogP contribution >= 0.6 is 0 Å². The summed E-state index contributed by atoms with van der Waals surface area (Å²) in [7, 11) is 3.23. The highest BCUT2D eigenvalue weighted by molar-refractivity contribution is 5.79. The zero-order valence-electron chi connectivity index (χ0n) is 14.4. The van der Waals surface area contributed by atoms with Gasteiger partial charge in [-0.1, -0.05) is 6.42 Å². The van der Waals surface area contributed by atoms with Crippen molar-refractivity contribution >= 4 is 5.91 Å². The van der Waals surface area contributed by atoms with Crippen LogP contribution in [-0.4, -0.2) is 50.7 Å². The van der Waals surface area contributed by atoms with E-state index >= 15 is 0 Å². The maximum Gasteiger partial charge on any atom is 0.224 e. The van der Waals surface area contributed by atoms with Crippen molar-refractivity contribution in [3.63, 3.8) is 0 Å². The molecule has 1 fully saturated rings. The van der Waals surface area contributed by atoms with Gasteiger partial charge in [-0.25, -0.2) is 0 Å². The molecule has 0 spiro atoms. The van der Waals surface area contributed by atoms with Crippen LogP contribution in [0.2, 0.25) is 0 Å². The molecule has 23 heavy (non-hydrogen) atoms. The summed E-state index contributed by atoms with van der Waals surface area (Å²) < 4.78 is 10.5. The number of nitrogens with one attached hydrogen (secondary N) is 1. The van der Waals surface area contributed by atoms with Crippen molar-refractivity contribution in [3.05, 3.63) is 23.8 Å². The molecule has 1 aliphatic heterocycles. The summed E-state index contributed by atoms with van der Waals surface area (Å²) >= 11 is 0. The lowest BCUT2D eigenvalue weighted by molar-refractivity contribution is -0.120. The number of likely N-dealkylation sites (tertiary alicyclic amines) is 1. The molecule has 1 saturated heterocycles. The number of benzene rings is 1. The molecule has 1 aromatic rings. The van der Waals surface area contributed by atoms with Crippen LogP contribution in [0.15, 0.2) is 18.2 Å². The zero-order valence-corrected chi connectivity index (χ0v) is 14.4. The number of carbonyl (C=O) groups is 1. The number of ether oxygens (including phenoxy) is 2. The molecule has 1 heterocycles. The van der Waals surface area contributed by atoms with Gasteiger partial charge in [0.2, 0.25) is 5.91 Å². The van der Waals surface area contributed by atoms with Gasteiger partial charge in [0.25, 0.3) is 0 Å². The molecule has 0 aromatic heterocycles. The third-order valence-corrected chi connectivity index (χ3v) is 4.50. The number of methoxy groups -OCH3 is 2. The highest BCUT2D eigenvalue weighted by Crippen LogP contribution is 2.24. The van der Waals surface area contributed by atoms with E-state index in [0.717, 1.165) is 24.4 Å². The number of carbonyl (C=O) groups excluding carboxylic acids is 1. The predicted octanol–water partition coefficient (Wildman–Crippen LogP) is 2.24. The number of rotatable bonds is 7. The Hall–Kier alpha value is -1.75. The maximum atomic E-state index is 12.2. The summed E-state index contributed by atoms with van der Waals surface area (Å²) in [5.41, 5.74) is 0.843. The summed E-state index contributed by atoms with van der Waals surface area (Å²) in [5.74, 6) is 1.46. The van der Waals surface area contributed by atoms with Crippen molar-refractivity contribution in [1.29, 1.82) is 0 Å². The van der Waals surface area contributed by atoms with Crippen molar-refractivity contribution in [1.82, 2.24) is 10.2 Å². The van der Waals surface area contributed by atoms with Crippen LogP contribution in [0.3, 0.4) is 0 Å². The van der Waals surface area contributed by atoms with Gasteiger partial charge in [0.1, 0.15) is 11.5 Å². The Bertz CT molecular complexity index is 519. The number of amides is 1. The summed E-state index contributed by atoms with van der Waals surface area (Å²) in [6.45, 7) is 5.01. The molecule has 0 radical (unpaired) electrons. The van der Waals surface area contributed by atoms with Gasteiger partial charge < -0.3 is 14.8 Å². The lowest BCUT2D eigenvalue weighted by Crippen LogP contribution is -2.42. The van der Waals surface area contributed by atoms with E-state index < -0.39 is 0 Å². The molecule has 5 heteroatoms. The van der Waals surface area contributed by atoms with E-state index in [9.17, 15) is 4.79 Å². The van der Waals surface area contributed by atoms with Gasteiger partial charge >= 0.3 is 0 Å². The fourth-order valence-electron chi connectivity index (χ4n) is 3.08. The molecular formula is C18H28N2O3. The molecule has 0 bridgehead atoms. The van der Waals surface area contributed by atoms with Gasteiger partial charge in [0.15, 0.2) is 0 Å². The van der Waals surface area contributed by atoms with Gasteiger partial charge in [0.05, 0.1) is 20.6 Å². The smallest absolute Gasteiger partial charge is 0.224 e. The standard InChI is InChI=1S/C18H28N2O3/c1-14-6-4-5-10-20(14)11-9-19-18(21)13-15-12-16(22-2)7-8-17(15)23-3/h7-8,12,14H,4-6,9-11,13H2,1-3H3,(H,19,21). The lowest BCUT2D eigenvalue weighted by atomic mass is 10.0. The molecule has 2 rings (SSSR count). The van der Waals surface area contributed by atoms with E-state index in [-0.39, 0.29) is 5.91 Å². The fraction of sp³-hybridized carbons (Fsp3) is 0.611. The first-order chi connectivity index (χ1) is 11.1. The van der Waals surface area contributed by atoms with Gasteiger partial charge in [-0.3, -0.25) is 9.69 Å². The predicted molar refractivity (Wildman–Crippen MR) is 91.1 cm³/mol. The van der Waals surface area contributed by atoms with E-state index in [1.807, 2.05) is 18.2 Å². The van der Waals surface area contributed by atoms with Gasteiger partial charge in [-0.15, -0.1) is 0 Å². The third-order valence-electron chi connectivity index (χ3n) is 4.50.